The van der Waals surface area contributed by atoms with Gasteiger partial charge in [0, 0.05) is 43.5 Å². The molecule has 0 unspecified atom stereocenters. The Morgan fingerprint density at radius 1 is 0.387 bits per heavy atom. The summed E-state index contributed by atoms with van der Waals surface area (Å²) in [5.74, 6) is 0.422. The van der Waals surface area contributed by atoms with Crippen molar-refractivity contribution >= 4 is 105 Å². The third kappa shape index (κ3) is 7.27. The molecule has 0 aliphatic heterocycles. The smallest absolute Gasteiger partial charge is 0.159 e. The van der Waals surface area contributed by atoms with Crippen molar-refractivity contribution in [2.45, 2.75) is 46.0 Å². The van der Waals surface area contributed by atoms with E-state index < -0.39 is 0 Å². The lowest BCUT2D eigenvalue weighted by Crippen LogP contribution is -2.29. The van der Waals surface area contributed by atoms with Crippen LogP contribution in [0.25, 0.3) is 99.3 Å². The van der Waals surface area contributed by atoms with Gasteiger partial charge in [-0.15, -0.1) is 0 Å². The number of para-hydroxylation sites is 3. The van der Waals surface area contributed by atoms with E-state index in [1.807, 2.05) is 0 Å². The van der Waals surface area contributed by atoms with Crippen molar-refractivity contribution in [3.05, 3.63) is 246 Å². The number of anilines is 5. The Labute approximate surface area is 436 Å². The Morgan fingerprint density at radius 3 is 1.49 bits per heavy atom. The molecule has 0 bridgehead atoms. The third-order valence-electron chi connectivity index (χ3n) is 15.5. The summed E-state index contributed by atoms with van der Waals surface area (Å²) in [6.45, 7) is 9.34. The molecule has 13 aromatic rings. The molecule has 0 saturated carbocycles. The van der Waals surface area contributed by atoms with Crippen molar-refractivity contribution in [3.63, 3.8) is 0 Å². The summed E-state index contributed by atoms with van der Waals surface area (Å²) in [6, 6.07) is 77.4. The minimum atomic E-state index is 0.211. The molecule has 2 heterocycles. The minimum absolute atomic E-state index is 0.211. The van der Waals surface area contributed by atoms with Crippen LogP contribution in [0, 0.1) is 0 Å². The number of benzene rings is 11. The number of fused-ring (bicyclic) bond motifs is 6. The van der Waals surface area contributed by atoms with E-state index in [4.69, 9.17) is 8.83 Å². The Morgan fingerprint density at radius 2 is 0.880 bits per heavy atom. The summed E-state index contributed by atoms with van der Waals surface area (Å²) >= 11 is 0. The summed E-state index contributed by atoms with van der Waals surface area (Å²) in [5.41, 5.74) is 17.0. The number of allylic oxidation sites excluding steroid dienone is 1. The van der Waals surface area contributed by atoms with Gasteiger partial charge in [0.15, 0.2) is 11.0 Å². The largest absolute Gasteiger partial charge is 0.454 e. The summed E-state index contributed by atoms with van der Waals surface area (Å²) < 4.78 is 13.9. The maximum absolute atomic E-state index is 7.00. The Balaban J connectivity index is 1.11. The molecular weight excluding hydrogens is 913 g/mol. The predicted octanol–water partition coefficient (Wildman–Crippen LogP) is 19.0. The zero-order valence-corrected chi connectivity index (χ0v) is 42.5. The normalized spacial score (nSPS) is 12.7. The molecule has 0 radical (unpaired) electrons. The summed E-state index contributed by atoms with van der Waals surface area (Å²) in [6.07, 6.45) is 7.66. The van der Waals surface area contributed by atoms with E-state index in [1.54, 1.807) is 0 Å². The highest BCUT2D eigenvalue weighted by molar-refractivity contribution is 6.30. The van der Waals surface area contributed by atoms with Gasteiger partial charge in [-0.05, 0) is 134 Å². The Kier molecular flexibility index (Phi) is 10.6. The van der Waals surface area contributed by atoms with Crippen LogP contribution in [0.15, 0.2) is 233 Å². The van der Waals surface area contributed by atoms with E-state index in [2.05, 4.69) is 268 Å². The summed E-state index contributed by atoms with van der Waals surface area (Å²) in [4.78, 5) is 4.95. The Hall–Kier alpha value is -9.12. The van der Waals surface area contributed by atoms with E-state index >= 15 is 0 Å². The van der Waals surface area contributed by atoms with Crippen LogP contribution in [0.2, 0.25) is 0 Å². The fourth-order valence-corrected chi connectivity index (χ4v) is 12.0. The molecule has 1 aliphatic carbocycles. The van der Waals surface area contributed by atoms with E-state index in [0.29, 0.717) is 0 Å². The second-order valence-electron chi connectivity index (χ2n) is 20.7. The fourth-order valence-electron chi connectivity index (χ4n) is 12.0. The van der Waals surface area contributed by atoms with Crippen molar-refractivity contribution in [3.8, 4) is 22.3 Å². The first-order valence-corrected chi connectivity index (χ1v) is 26.4. The van der Waals surface area contributed by atoms with Gasteiger partial charge in [0.2, 0.25) is 0 Å². The number of nitrogens with zero attached hydrogens (tertiary/aromatic N) is 2. The molecule has 0 amide bonds. The molecule has 0 spiro atoms. The molecule has 14 rings (SSSR count). The van der Waals surface area contributed by atoms with Gasteiger partial charge >= 0.3 is 0 Å². The van der Waals surface area contributed by atoms with Gasteiger partial charge in [0.25, 0.3) is 0 Å². The van der Waals surface area contributed by atoms with Crippen molar-refractivity contribution < 1.29 is 8.83 Å². The first-order chi connectivity index (χ1) is 36.9. The summed E-state index contributed by atoms with van der Waals surface area (Å²) in [5, 5.41) is 11.8. The molecule has 4 nitrogen and oxygen atoms in total. The van der Waals surface area contributed by atoms with Crippen LogP contribution in [0.3, 0.4) is 0 Å². The highest BCUT2D eigenvalue weighted by atomic mass is 16.3. The molecule has 0 fully saturated rings. The zero-order valence-electron chi connectivity index (χ0n) is 42.5. The lowest BCUT2D eigenvalue weighted by Gasteiger charge is -2.32. The zero-order chi connectivity index (χ0) is 50.3. The average Bonchev–Trinajstić information content (AvgIpc) is 4.01. The van der Waals surface area contributed by atoms with Gasteiger partial charge < -0.3 is 18.6 Å². The van der Waals surface area contributed by atoms with Gasteiger partial charge in [-0.25, -0.2) is 0 Å². The van der Waals surface area contributed by atoms with Gasteiger partial charge in [-0.3, -0.25) is 0 Å². The molecule has 75 heavy (non-hydrogen) atoms. The molecule has 0 N–H and O–H groups in total. The number of furan rings is 2. The number of hydrogen-bond acceptors (Lipinski definition) is 4. The maximum Gasteiger partial charge on any atom is 0.159 e. The van der Waals surface area contributed by atoms with Crippen molar-refractivity contribution in [2.75, 3.05) is 9.80 Å². The lowest BCUT2D eigenvalue weighted by molar-refractivity contribution is 0.572. The van der Waals surface area contributed by atoms with Crippen LogP contribution in [0.4, 0.5) is 28.4 Å². The quantitative estimate of drug-likeness (QED) is 0.128. The second kappa shape index (κ2) is 17.8. The van der Waals surface area contributed by atoms with Crippen LogP contribution in [0.1, 0.15) is 57.1 Å². The first kappa shape index (κ1) is 44.6. The molecule has 360 valence electrons. The average molecular weight is 967 g/mol. The summed E-state index contributed by atoms with van der Waals surface area (Å²) in [7, 11) is 0. The van der Waals surface area contributed by atoms with Gasteiger partial charge in [-0.2, -0.15) is 0 Å². The van der Waals surface area contributed by atoms with Crippen LogP contribution in [-0.4, -0.2) is 0 Å². The molecule has 2 aromatic heterocycles. The van der Waals surface area contributed by atoms with E-state index in [0.717, 1.165) is 95.2 Å². The monoisotopic (exact) mass is 966 g/mol. The second-order valence-corrected chi connectivity index (χ2v) is 20.7. The highest BCUT2D eigenvalue weighted by Crippen LogP contribution is 2.52. The molecule has 11 aromatic carbocycles. The van der Waals surface area contributed by atoms with Crippen LogP contribution in [0.5, 0.6) is 0 Å². The van der Waals surface area contributed by atoms with E-state index in [1.165, 1.54) is 54.6 Å². The van der Waals surface area contributed by atoms with E-state index in [9.17, 15) is 0 Å². The fraction of sp³-hybridized carbons (Fsp3) is 0.0986. The highest BCUT2D eigenvalue weighted by Gasteiger charge is 2.29. The van der Waals surface area contributed by atoms with Gasteiger partial charge in [-0.1, -0.05) is 198 Å². The molecule has 1 aliphatic rings. The maximum atomic E-state index is 7.00. The molecule has 4 heteroatoms. The van der Waals surface area contributed by atoms with Gasteiger partial charge in [0.05, 0.1) is 22.8 Å². The van der Waals surface area contributed by atoms with E-state index in [-0.39, 0.29) is 11.8 Å². The van der Waals surface area contributed by atoms with Crippen LogP contribution in [-0.2, 0) is 0 Å². The standard InChI is InChI=1S/C71H54N2O2/c1-44(2)60-42-64(72(50-26-17-24-48(40-50)46-20-7-5-8-21-46)62-32-14-11-30-56-52-28-12-15-34-66(52)74-70(56)62)58-38-36-55-61(45(3)4)43-65(59-39-37-54(60)68(58)69(55)59)73(51-27-18-25-49(41-51)47-22-9-6-10-23-47)63-33-19-31-57-53-29-13-16-35-67(53)75-71(57)63/h5-10,12-45H,11H2,1-4H3. The molecule has 0 atom stereocenters. The number of hydrogen-bond donors (Lipinski definition) is 0. The predicted molar refractivity (Wildman–Crippen MR) is 317 cm³/mol. The van der Waals surface area contributed by atoms with Crippen LogP contribution >= 0.6 is 0 Å². The SMILES string of the molecule is CC(C)c1cc(N(C2=c3oc4ccccc4c3=CCC=C2)c2cccc(-c3ccccc3)c2)c2ccc3c(C(C)C)cc(N(c4cccc(-c5ccccc5)c4)c4cccc5c4oc4ccccc45)c4ccc1c2c34. The Bertz CT molecular complexity index is 4520. The van der Waals surface area contributed by atoms with Crippen molar-refractivity contribution in [1.29, 1.82) is 0 Å². The lowest BCUT2D eigenvalue weighted by atomic mass is 9.84. The third-order valence-corrected chi connectivity index (χ3v) is 15.5. The minimum Gasteiger partial charge on any atom is -0.454 e. The molecular formula is C71H54N2O2. The van der Waals surface area contributed by atoms with Gasteiger partial charge in [0.1, 0.15) is 11.2 Å². The van der Waals surface area contributed by atoms with Crippen molar-refractivity contribution in [2.24, 2.45) is 0 Å². The van der Waals surface area contributed by atoms with Crippen LogP contribution < -0.4 is 20.4 Å². The molecule has 0 saturated heterocycles. The van der Waals surface area contributed by atoms with Crippen molar-refractivity contribution in [1.82, 2.24) is 0 Å². The topological polar surface area (TPSA) is 32.8 Å². The number of rotatable bonds is 10. The first-order valence-electron chi connectivity index (χ1n) is 26.4.